The third-order valence-electron chi connectivity index (χ3n) is 5.73. The van der Waals surface area contributed by atoms with Gasteiger partial charge in [0.1, 0.15) is 0 Å². The van der Waals surface area contributed by atoms with Crippen LogP contribution in [0.1, 0.15) is 22.5 Å². The Kier molecular flexibility index (Phi) is 6.42. The van der Waals surface area contributed by atoms with Crippen molar-refractivity contribution in [3.63, 3.8) is 0 Å². The molecule has 3 aromatic rings. The van der Waals surface area contributed by atoms with Crippen molar-refractivity contribution in [1.82, 2.24) is 9.78 Å². The van der Waals surface area contributed by atoms with E-state index < -0.39 is 11.7 Å². The van der Waals surface area contributed by atoms with Crippen molar-refractivity contribution in [2.45, 2.75) is 26.4 Å². The highest BCUT2D eigenvalue weighted by molar-refractivity contribution is 5.95. The molecular formula is C24H25F3N4O2. The Morgan fingerprint density at radius 2 is 1.82 bits per heavy atom. The summed E-state index contributed by atoms with van der Waals surface area (Å²) in [6, 6.07) is 12.6. The van der Waals surface area contributed by atoms with Gasteiger partial charge in [0.05, 0.1) is 48.0 Å². The molecular weight excluding hydrogens is 433 g/mol. The molecule has 0 aliphatic carbocycles. The van der Waals surface area contributed by atoms with Gasteiger partial charge in [-0.05, 0) is 44.2 Å². The maximum Gasteiger partial charge on any atom is 0.416 e. The number of nitrogens with zero attached hydrogens (tertiary/aromatic N) is 3. The van der Waals surface area contributed by atoms with Crippen LogP contribution in [0.15, 0.2) is 48.5 Å². The number of morpholine rings is 1. The number of aryl methyl sites for hydroxylation is 1. The predicted molar refractivity (Wildman–Crippen MR) is 120 cm³/mol. The van der Waals surface area contributed by atoms with Crippen LogP contribution in [0, 0.1) is 13.8 Å². The van der Waals surface area contributed by atoms with Crippen molar-refractivity contribution in [3.8, 4) is 5.69 Å². The number of ether oxygens (including phenoxy) is 1. The summed E-state index contributed by atoms with van der Waals surface area (Å²) in [6.07, 6.45) is -4.38. The molecule has 1 fully saturated rings. The average molecular weight is 458 g/mol. The van der Waals surface area contributed by atoms with E-state index in [0.717, 1.165) is 30.9 Å². The quantitative estimate of drug-likeness (QED) is 0.611. The maximum absolute atomic E-state index is 13.1. The van der Waals surface area contributed by atoms with Gasteiger partial charge in [-0.3, -0.25) is 4.79 Å². The lowest BCUT2D eigenvalue weighted by Crippen LogP contribution is -2.36. The van der Waals surface area contributed by atoms with Gasteiger partial charge in [0, 0.05) is 24.3 Å². The van der Waals surface area contributed by atoms with E-state index >= 15 is 0 Å². The first-order valence-corrected chi connectivity index (χ1v) is 10.7. The van der Waals surface area contributed by atoms with Crippen LogP contribution < -0.4 is 10.2 Å². The van der Waals surface area contributed by atoms with E-state index in [2.05, 4.69) is 15.3 Å². The standard InChI is InChI=1S/C24H25F3N4O2/c1-16-20(17(2)31(29-16)19-7-5-6-18(14-19)24(25,26)27)15-23(32)28-21-8-3-4-9-22(21)30-10-12-33-13-11-30/h3-9,14H,10-13,15H2,1-2H3,(H,28,32). The Hall–Kier alpha value is -3.33. The fourth-order valence-electron chi connectivity index (χ4n) is 4.01. The summed E-state index contributed by atoms with van der Waals surface area (Å²) < 4.78 is 46.2. The molecule has 1 saturated heterocycles. The van der Waals surface area contributed by atoms with Crippen molar-refractivity contribution in [3.05, 3.63) is 71.0 Å². The molecule has 0 saturated carbocycles. The van der Waals surface area contributed by atoms with Crippen molar-refractivity contribution in [2.75, 3.05) is 36.5 Å². The zero-order valence-corrected chi connectivity index (χ0v) is 18.4. The van der Waals surface area contributed by atoms with Crippen molar-refractivity contribution >= 4 is 17.3 Å². The molecule has 1 aliphatic heterocycles. The number of rotatable bonds is 5. The molecule has 2 aromatic carbocycles. The number of hydrogen-bond donors (Lipinski definition) is 1. The smallest absolute Gasteiger partial charge is 0.378 e. The van der Waals surface area contributed by atoms with Crippen LogP contribution in [-0.2, 0) is 22.1 Å². The number of amides is 1. The first-order valence-electron chi connectivity index (χ1n) is 10.7. The number of halogens is 3. The zero-order valence-electron chi connectivity index (χ0n) is 18.4. The van der Waals surface area contributed by atoms with E-state index in [1.807, 2.05) is 24.3 Å². The van der Waals surface area contributed by atoms with Gasteiger partial charge in [0.2, 0.25) is 5.91 Å². The number of alkyl halides is 3. The Balaban J connectivity index is 1.54. The van der Waals surface area contributed by atoms with Gasteiger partial charge in [0.15, 0.2) is 0 Å². The molecule has 1 N–H and O–H groups in total. The second kappa shape index (κ2) is 9.27. The fraction of sp³-hybridized carbons (Fsp3) is 0.333. The lowest BCUT2D eigenvalue weighted by molar-refractivity contribution is -0.137. The minimum Gasteiger partial charge on any atom is -0.378 e. The molecule has 0 unspecified atom stereocenters. The largest absolute Gasteiger partial charge is 0.416 e. The number of nitrogens with one attached hydrogen (secondary N) is 1. The number of para-hydroxylation sites is 2. The minimum absolute atomic E-state index is 0.0636. The molecule has 33 heavy (non-hydrogen) atoms. The second-order valence-corrected chi connectivity index (χ2v) is 7.95. The molecule has 174 valence electrons. The highest BCUT2D eigenvalue weighted by Crippen LogP contribution is 2.31. The molecule has 1 aromatic heterocycles. The normalized spacial score (nSPS) is 14.4. The van der Waals surface area contributed by atoms with Crippen LogP contribution in [0.5, 0.6) is 0 Å². The van der Waals surface area contributed by atoms with Crippen molar-refractivity contribution < 1.29 is 22.7 Å². The van der Waals surface area contributed by atoms with E-state index in [-0.39, 0.29) is 12.3 Å². The first kappa shape index (κ1) is 22.8. The van der Waals surface area contributed by atoms with Gasteiger partial charge in [-0.15, -0.1) is 0 Å². The highest BCUT2D eigenvalue weighted by atomic mass is 19.4. The van der Waals surface area contributed by atoms with Gasteiger partial charge in [-0.2, -0.15) is 18.3 Å². The maximum atomic E-state index is 13.1. The summed E-state index contributed by atoms with van der Waals surface area (Å²) in [6.45, 7) is 6.26. The Bertz CT molecular complexity index is 1150. The molecule has 1 amide bonds. The van der Waals surface area contributed by atoms with Crippen molar-refractivity contribution in [2.24, 2.45) is 0 Å². The lowest BCUT2D eigenvalue weighted by Gasteiger charge is -2.30. The van der Waals surface area contributed by atoms with Crippen LogP contribution in [0.25, 0.3) is 5.69 Å². The van der Waals surface area contributed by atoms with E-state index in [1.165, 1.54) is 10.7 Å². The number of carbonyl (C=O) groups is 1. The monoisotopic (exact) mass is 458 g/mol. The predicted octanol–water partition coefficient (Wildman–Crippen LogP) is 4.53. The molecule has 1 aliphatic rings. The number of carbonyl (C=O) groups excluding carboxylic acids is 1. The average Bonchev–Trinajstić information content (AvgIpc) is 3.08. The van der Waals surface area contributed by atoms with Crippen molar-refractivity contribution in [1.29, 1.82) is 0 Å². The zero-order chi connectivity index (χ0) is 23.6. The van der Waals surface area contributed by atoms with Gasteiger partial charge in [-0.1, -0.05) is 18.2 Å². The molecule has 0 radical (unpaired) electrons. The van der Waals surface area contributed by atoms with E-state index in [9.17, 15) is 18.0 Å². The third kappa shape index (κ3) is 5.03. The number of anilines is 2. The Morgan fingerprint density at radius 3 is 2.55 bits per heavy atom. The first-order chi connectivity index (χ1) is 15.7. The Morgan fingerprint density at radius 1 is 1.09 bits per heavy atom. The summed E-state index contributed by atoms with van der Waals surface area (Å²) in [5.41, 5.74) is 3.12. The molecule has 0 atom stereocenters. The second-order valence-electron chi connectivity index (χ2n) is 7.95. The molecule has 6 nitrogen and oxygen atoms in total. The molecule has 2 heterocycles. The fourth-order valence-corrected chi connectivity index (χ4v) is 4.01. The number of hydrogen-bond acceptors (Lipinski definition) is 4. The van der Waals surface area contributed by atoms with Crippen LogP contribution in [0.4, 0.5) is 24.5 Å². The Labute approximate surface area is 190 Å². The van der Waals surface area contributed by atoms with Gasteiger partial charge < -0.3 is 15.0 Å². The van der Waals surface area contributed by atoms with Crippen LogP contribution in [0.3, 0.4) is 0 Å². The number of aromatic nitrogens is 2. The lowest BCUT2D eigenvalue weighted by atomic mass is 10.1. The summed E-state index contributed by atoms with van der Waals surface area (Å²) in [4.78, 5) is 15.1. The molecule has 0 spiro atoms. The molecule has 0 bridgehead atoms. The molecule has 9 heteroatoms. The van der Waals surface area contributed by atoms with E-state index in [1.54, 1.807) is 19.9 Å². The van der Waals surface area contributed by atoms with Gasteiger partial charge in [-0.25, -0.2) is 4.68 Å². The van der Waals surface area contributed by atoms with Crippen LogP contribution in [0.2, 0.25) is 0 Å². The van der Waals surface area contributed by atoms with Gasteiger partial charge in [0.25, 0.3) is 0 Å². The summed E-state index contributed by atoms with van der Waals surface area (Å²) in [5, 5.41) is 7.38. The summed E-state index contributed by atoms with van der Waals surface area (Å²) in [7, 11) is 0. The minimum atomic E-state index is -4.44. The summed E-state index contributed by atoms with van der Waals surface area (Å²) >= 11 is 0. The topological polar surface area (TPSA) is 59.4 Å². The van der Waals surface area contributed by atoms with E-state index in [0.29, 0.717) is 41.5 Å². The van der Waals surface area contributed by atoms with Crippen LogP contribution in [-0.4, -0.2) is 42.0 Å². The van der Waals surface area contributed by atoms with Gasteiger partial charge >= 0.3 is 6.18 Å². The van der Waals surface area contributed by atoms with Crippen LogP contribution >= 0.6 is 0 Å². The summed E-state index contributed by atoms with van der Waals surface area (Å²) in [5.74, 6) is -0.217. The number of benzene rings is 2. The van der Waals surface area contributed by atoms with E-state index in [4.69, 9.17) is 4.74 Å². The third-order valence-corrected chi connectivity index (χ3v) is 5.73. The highest BCUT2D eigenvalue weighted by Gasteiger charge is 2.31. The SMILES string of the molecule is Cc1nn(-c2cccc(C(F)(F)F)c2)c(C)c1CC(=O)Nc1ccccc1N1CCOCC1. The molecule has 4 rings (SSSR count).